The van der Waals surface area contributed by atoms with E-state index in [9.17, 15) is 0 Å². The average molecular weight is 419 g/mol. The second-order valence-corrected chi connectivity index (χ2v) is 7.95. The second-order valence-electron chi connectivity index (χ2n) is 7.95. The lowest BCUT2D eigenvalue weighted by Gasteiger charge is -2.15. The third-order valence-corrected chi connectivity index (χ3v) is 5.85. The van der Waals surface area contributed by atoms with Crippen molar-refractivity contribution in [1.29, 1.82) is 0 Å². The molecule has 2 aromatic heterocycles. The molecule has 2 N–H and O–H groups in total. The summed E-state index contributed by atoms with van der Waals surface area (Å²) in [7, 11) is 0. The molecule has 156 valence electrons. The lowest BCUT2D eigenvalue weighted by atomic mass is 10.1. The van der Waals surface area contributed by atoms with Crippen molar-refractivity contribution in [3.05, 3.63) is 96.1 Å². The van der Waals surface area contributed by atoms with Crippen molar-refractivity contribution in [1.82, 2.24) is 15.1 Å². The van der Waals surface area contributed by atoms with Crippen LogP contribution in [0.15, 0.2) is 89.5 Å². The van der Waals surface area contributed by atoms with E-state index in [1.807, 2.05) is 54.6 Å². The van der Waals surface area contributed by atoms with Crippen LogP contribution in [0.2, 0.25) is 0 Å². The Morgan fingerprint density at radius 3 is 2.66 bits per heavy atom. The molecular formula is C26H21N5O. The van der Waals surface area contributed by atoms with E-state index in [4.69, 9.17) is 9.51 Å². The molecule has 6 heteroatoms. The van der Waals surface area contributed by atoms with Gasteiger partial charge in [-0.2, -0.15) is 4.98 Å². The van der Waals surface area contributed by atoms with E-state index < -0.39 is 0 Å². The van der Waals surface area contributed by atoms with Crippen molar-refractivity contribution in [2.75, 3.05) is 10.6 Å². The first-order valence-electron chi connectivity index (χ1n) is 10.7. The zero-order valence-electron chi connectivity index (χ0n) is 17.3. The maximum absolute atomic E-state index is 5.36. The molecule has 6 nitrogen and oxygen atoms in total. The zero-order valence-corrected chi connectivity index (χ0v) is 17.3. The minimum atomic E-state index is 0.313. The Labute approximate surface area is 185 Å². The van der Waals surface area contributed by atoms with Crippen LogP contribution in [0.3, 0.4) is 0 Å². The summed E-state index contributed by atoms with van der Waals surface area (Å²) in [5.74, 6) is 1.45. The fraction of sp³-hybridized carbons (Fsp3) is 0.115. The minimum Gasteiger partial charge on any atom is -0.363 e. The number of hydrogen-bond donors (Lipinski definition) is 2. The predicted molar refractivity (Wildman–Crippen MR) is 126 cm³/mol. The lowest BCUT2D eigenvalue weighted by molar-refractivity contribution is 0.435. The molecule has 0 bridgehead atoms. The molecule has 1 aliphatic rings. The summed E-state index contributed by atoms with van der Waals surface area (Å²) in [4.78, 5) is 9.24. The molecule has 2 heterocycles. The normalized spacial score (nSPS) is 14.9. The van der Waals surface area contributed by atoms with Gasteiger partial charge in [-0.1, -0.05) is 59.8 Å². The monoisotopic (exact) mass is 419 g/mol. The van der Waals surface area contributed by atoms with Crippen LogP contribution in [-0.4, -0.2) is 15.1 Å². The van der Waals surface area contributed by atoms with Crippen LogP contribution < -0.4 is 10.6 Å². The summed E-state index contributed by atoms with van der Waals surface area (Å²) >= 11 is 0. The van der Waals surface area contributed by atoms with Crippen LogP contribution in [0, 0.1) is 0 Å². The Balaban J connectivity index is 1.20. The molecule has 1 aliphatic carbocycles. The predicted octanol–water partition coefficient (Wildman–Crippen LogP) is 6.13. The van der Waals surface area contributed by atoms with Crippen molar-refractivity contribution < 1.29 is 4.52 Å². The van der Waals surface area contributed by atoms with Crippen molar-refractivity contribution in [2.45, 2.75) is 18.9 Å². The number of hydrogen-bond acceptors (Lipinski definition) is 6. The summed E-state index contributed by atoms with van der Waals surface area (Å²) in [5, 5.41) is 11.9. The van der Waals surface area contributed by atoms with E-state index in [1.165, 1.54) is 11.1 Å². The second kappa shape index (κ2) is 7.81. The molecule has 0 spiro atoms. The Bertz CT molecular complexity index is 1400. The number of aryl methyl sites for hydroxylation is 1. The van der Waals surface area contributed by atoms with Crippen LogP contribution in [0.1, 0.15) is 23.6 Å². The van der Waals surface area contributed by atoms with E-state index >= 15 is 0 Å². The number of aromatic nitrogens is 3. The van der Waals surface area contributed by atoms with Gasteiger partial charge >= 0.3 is 6.01 Å². The first kappa shape index (κ1) is 18.6. The summed E-state index contributed by atoms with van der Waals surface area (Å²) in [5.41, 5.74) is 5.52. The van der Waals surface area contributed by atoms with Crippen LogP contribution in [0.5, 0.6) is 0 Å². The quantitative estimate of drug-likeness (QED) is 0.357. The van der Waals surface area contributed by atoms with Crippen LogP contribution in [0.4, 0.5) is 17.5 Å². The number of pyridine rings is 1. The van der Waals surface area contributed by atoms with E-state index in [-0.39, 0.29) is 0 Å². The Kier molecular flexibility index (Phi) is 4.53. The molecule has 0 fully saturated rings. The van der Waals surface area contributed by atoms with Gasteiger partial charge in [0.1, 0.15) is 5.82 Å². The fourth-order valence-electron chi connectivity index (χ4n) is 4.27. The molecule has 32 heavy (non-hydrogen) atoms. The molecular weight excluding hydrogens is 398 g/mol. The summed E-state index contributed by atoms with van der Waals surface area (Å²) < 4.78 is 5.36. The van der Waals surface area contributed by atoms with E-state index in [1.54, 1.807) is 0 Å². The van der Waals surface area contributed by atoms with Crippen LogP contribution >= 0.6 is 0 Å². The molecule has 0 amide bonds. The lowest BCUT2D eigenvalue weighted by Crippen LogP contribution is -2.08. The van der Waals surface area contributed by atoms with Gasteiger partial charge in [0.2, 0.25) is 5.82 Å². The van der Waals surface area contributed by atoms with Gasteiger partial charge in [0.05, 0.1) is 11.6 Å². The average Bonchev–Trinajstić information content (AvgIpc) is 3.47. The van der Waals surface area contributed by atoms with E-state index in [0.29, 0.717) is 17.9 Å². The van der Waals surface area contributed by atoms with Gasteiger partial charge in [0.25, 0.3) is 0 Å². The largest absolute Gasteiger partial charge is 0.363 e. The van der Waals surface area contributed by atoms with Crippen molar-refractivity contribution in [2.24, 2.45) is 0 Å². The number of nitrogens with zero attached hydrogens (tertiary/aromatic N) is 3. The highest BCUT2D eigenvalue weighted by molar-refractivity contribution is 5.84. The number of fused-ring (bicyclic) bond motifs is 2. The molecule has 0 radical (unpaired) electrons. The highest BCUT2D eigenvalue weighted by atomic mass is 16.5. The van der Waals surface area contributed by atoms with Gasteiger partial charge in [0, 0.05) is 16.6 Å². The Morgan fingerprint density at radius 2 is 1.72 bits per heavy atom. The smallest absolute Gasteiger partial charge is 0.326 e. The fourth-order valence-corrected chi connectivity index (χ4v) is 4.27. The van der Waals surface area contributed by atoms with Crippen LogP contribution in [-0.2, 0) is 6.42 Å². The Hall–Kier alpha value is -4.19. The zero-order chi connectivity index (χ0) is 21.3. The highest BCUT2D eigenvalue weighted by Gasteiger charge is 2.21. The maximum atomic E-state index is 5.36. The molecule has 3 aromatic carbocycles. The molecule has 6 rings (SSSR count). The summed E-state index contributed by atoms with van der Waals surface area (Å²) in [6.45, 7) is 0. The van der Waals surface area contributed by atoms with E-state index in [2.05, 4.69) is 51.1 Å². The number of nitrogens with one attached hydrogen (secondary N) is 2. The van der Waals surface area contributed by atoms with Crippen molar-refractivity contribution in [3.8, 4) is 11.4 Å². The van der Waals surface area contributed by atoms with Gasteiger partial charge in [0.15, 0.2) is 0 Å². The SMILES string of the molecule is c1ccc(-c2noc(Nc3ccc4nc(N[C@@H]5CCc6ccccc65)ccc4c3)n2)cc1. The topological polar surface area (TPSA) is 75.9 Å². The summed E-state index contributed by atoms with van der Waals surface area (Å²) in [6, 6.07) is 29.2. The molecule has 0 saturated heterocycles. The van der Waals surface area contributed by atoms with Crippen molar-refractivity contribution >= 4 is 28.4 Å². The van der Waals surface area contributed by atoms with E-state index in [0.717, 1.165) is 40.8 Å². The van der Waals surface area contributed by atoms with Gasteiger partial charge in [-0.3, -0.25) is 0 Å². The standard InChI is InChI=1S/C26H21N5O/c1-2-7-18(8-3-1)25-30-26(32-31-25)27-20-12-14-22-19(16-20)11-15-24(28-22)29-23-13-10-17-6-4-5-9-21(17)23/h1-9,11-12,14-16,23H,10,13H2,(H,28,29)(H,27,30,31)/t23-/m1/s1. The van der Waals surface area contributed by atoms with Crippen LogP contribution in [0.25, 0.3) is 22.3 Å². The molecule has 5 aromatic rings. The maximum Gasteiger partial charge on any atom is 0.326 e. The van der Waals surface area contributed by atoms with Crippen molar-refractivity contribution in [3.63, 3.8) is 0 Å². The third-order valence-electron chi connectivity index (χ3n) is 5.85. The number of rotatable bonds is 5. The van der Waals surface area contributed by atoms with Gasteiger partial charge < -0.3 is 15.2 Å². The van der Waals surface area contributed by atoms with Gasteiger partial charge in [-0.25, -0.2) is 4.98 Å². The third kappa shape index (κ3) is 3.56. The molecule has 0 aliphatic heterocycles. The molecule has 1 atom stereocenters. The first-order valence-corrected chi connectivity index (χ1v) is 10.7. The first-order chi connectivity index (χ1) is 15.8. The van der Waals surface area contributed by atoms with Gasteiger partial charge in [-0.05, 0) is 54.3 Å². The highest BCUT2D eigenvalue weighted by Crippen LogP contribution is 2.33. The number of benzene rings is 3. The Morgan fingerprint density at radius 1 is 0.844 bits per heavy atom. The molecule has 0 saturated carbocycles. The minimum absolute atomic E-state index is 0.313. The molecule has 0 unspecified atom stereocenters. The number of anilines is 3. The summed E-state index contributed by atoms with van der Waals surface area (Å²) in [6.07, 6.45) is 2.20. The van der Waals surface area contributed by atoms with Gasteiger partial charge in [-0.15, -0.1) is 0 Å².